The molecule has 0 aromatic heterocycles. The van der Waals surface area contributed by atoms with Gasteiger partial charge in [0.1, 0.15) is 0 Å². The Morgan fingerprint density at radius 3 is 2.33 bits per heavy atom. The molecule has 4 nitrogen and oxygen atoms in total. The lowest BCUT2D eigenvalue weighted by atomic mass is 10.1. The summed E-state index contributed by atoms with van der Waals surface area (Å²) in [6.07, 6.45) is 3.58. The second-order valence-electron chi connectivity index (χ2n) is 6.94. The average Bonchev–Trinajstić information content (AvgIpc) is 2.32. The number of carbonyl (C=O) groups excluding carboxylic acids is 1. The lowest BCUT2D eigenvalue weighted by molar-refractivity contribution is -0.137. The standard InChI is InChI=1S/C16H32O4Si/c1-8-19-15(18)12-11-14(17)10-9-13(2)20-21(6,7)16(3,4)5/h11-14,17H,8-10H2,1-7H3/b12-11+/t13-,14-/m1/s1. The van der Waals surface area contributed by atoms with Crippen molar-refractivity contribution in [3.05, 3.63) is 12.2 Å². The summed E-state index contributed by atoms with van der Waals surface area (Å²) in [5, 5.41) is 10.0. The zero-order chi connectivity index (χ0) is 16.7. The highest BCUT2D eigenvalue weighted by Crippen LogP contribution is 2.37. The minimum Gasteiger partial charge on any atom is -0.463 e. The van der Waals surface area contributed by atoms with E-state index in [1.165, 1.54) is 12.2 Å². The number of aliphatic hydroxyl groups is 1. The molecule has 1 N–H and O–H groups in total. The van der Waals surface area contributed by atoms with Crippen LogP contribution in [-0.2, 0) is 14.0 Å². The van der Waals surface area contributed by atoms with Gasteiger partial charge >= 0.3 is 5.97 Å². The lowest BCUT2D eigenvalue weighted by Crippen LogP contribution is -2.43. The van der Waals surface area contributed by atoms with Crippen LogP contribution in [0.5, 0.6) is 0 Å². The van der Waals surface area contributed by atoms with Crippen molar-refractivity contribution < 1.29 is 19.1 Å². The van der Waals surface area contributed by atoms with Gasteiger partial charge in [0.2, 0.25) is 0 Å². The van der Waals surface area contributed by atoms with E-state index in [4.69, 9.17) is 9.16 Å². The number of esters is 1. The first-order valence-electron chi connectivity index (χ1n) is 7.70. The van der Waals surface area contributed by atoms with Crippen LogP contribution >= 0.6 is 0 Å². The third kappa shape index (κ3) is 8.39. The summed E-state index contributed by atoms with van der Waals surface area (Å²) < 4.78 is 11.0. The Kier molecular flexibility index (Phi) is 8.44. The van der Waals surface area contributed by atoms with Gasteiger partial charge in [-0.1, -0.05) is 20.8 Å². The molecule has 0 aliphatic rings. The molecule has 5 heteroatoms. The van der Waals surface area contributed by atoms with Gasteiger partial charge in [-0.25, -0.2) is 4.79 Å². The Balaban J connectivity index is 4.19. The van der Waals surface area contributed by atoms with Crippen LogP contribution in [0.4, 0.5) is 0 Å². The Labute approximate surface area is 130 Å². The van der Waals surface area contributed by atoms with Crippen molar-refractivity contribution in [1.29, 1.82) is 0 Å². The van der Waals surface area contributed by atoms with Gasteiger partial charge in [0.15, 0.2) is 8.32 Å². The summed E-state index contributed by atoms with van der Waals surface area (Å²) in [4.78, 5) is 11.1. The first-order chi connectivity index (χ1) is 9.49. The second kappa shape index (κ2) is 8.71. The molecule has 0 unspecified atom stereocenters. The third-order valence-corrected chi connectivity index (χ3v) is 8.52. The van der Waals surface area contributed by atoms with Crippen molar-refractivity contribution >= 4 is 14.3 Å². The van der Waals surface area contributed by atoms with Gasteiger partial charge in [-0.15, -0.1) is 0 Å². The van der Waals surface area contributed by atoms with Crippen molar-refractivity contribution in [3.8, 4) is 0 Å². The second-order valence-corrected chi connectivity index (χ2v) is 11.7. The van der Waals surface area contributed by atoms with Gasteiger partial charge in [0.25, 0.3) is 0 Å². The molecule has 2 atom stereocenters. The molecular formula is C16H32O4Si. The van der Waals surface area contributed by atoms with Crippen LogP contribution < -0.4 is 0 Å². The van der Waals surface area contributed by atoms with Crippen LogP contribution in [0.25, 0.3) is 0 Å². The molecule has 124 valence electrons. The van der Waals surface area contributed by atoms with E-state index in [2.05, 4.69) is 33.9 Å². The van der Waals surface area contributed by atoms with E-state index in [-0.39, 0.29) is 11.1 Å². The number of hydrogen-bond donors (Lipinski definition) is 1. The fourth-order valence-corrected chi connectivity index (χ4v) is 3.10. The molecule has 0 aromatic rings. The van der Waals surface area contributed by atoms with Crippen LogP contribution in [0, 0.1) is 0 Å². The molecule has 0 radical (unpaired) electrons. The Morgan fingerprint density at radius 1 is 1.29 bits per heavy atom. The number of carbonyl (C=O) groups is 1. The highest BCUT2D eigenvalue weighted by molar-refractivity contribution is 6.74. The quantitative estimate of drug-likeness (QED) is 0.422. The molecule has 0 aliphatic heterocycles. The Bertz CT molecular complexity index is 345. The molecule has 0 saturated heterocycles. The van der Waals surface area contributed by atoms with Crippen molar-refractivity contribution in [1.82, 2.24) is 0 Å². The molecular weight excluding hydrogens is 284 g/mol. The first-order valence-corrected chi connectivity index (χ1v) is 10.6. The topological polar surface area (TPSA) is 55.8 Å². The van der Waals surface area contributed by atoms with E-state index in [9.17, 15) is 9.90 Å². The van der Waals surface area contributed by atoms with Crippen LogP contribution in [-0.4, -0.2) is 38.2 Å². The van der Waals surface area contributed by atoms with Crippen LogP contribution in [0.3, 0.4) is 0 Å². The molecule has 21 heavy (non-hydrogen) atoms. The molecule has 0 saturated carbocycles. The summed E-state index contributed by atoms with van der Waals surface area (Å²) in [6.45, 7) is 15.2. The zero-order valence-electron chi connectivity index (χ0n) is 14.6. The number of hydrogen-bond acceptors (Lipinski definition) is 4. The molecule has 0 bridgehead atoms. The van der Waals surface area contributed by atoms with Gasteiger partial charge < -0.3 is 14.3 Å². The highest BCUT2D eigenvalue weighted by atomic mass is 28.4. The fourth-order valence-electron chi connectivity index (χ4n) is 1.62. The van der Waals surface area contributed by atoms with Gasteiger partial charge in [-0.2, -0.15) is 0 Å². The molecule has 0 fully saturated rings. The predicted octanol–water partition coefficient (Wildman–Crippen LogP) is 3.66. The van der Waals surface area contributed by atoms with Crippen LogP contribution in [0.15, 0.2) is 12.2 Å². The predicted molar refractivity (Wildman–Crippen MR) is 88.8 cm³/mol. The SMILES string of the molecule is CCOC(=O)/C=C/[C@H](O)CC[C@@H](C)O[Si](C)(C)C(C)(C)C. The minimum absolute atomic E-state index is 0.108. The van der Waals surface area contributed by atoms with Gasteiger partial charge in [-0.05, 0) is 50.9 Å². The zero-order valence-corrected chi connectivity index (χ0v) is 15.6. The van der Waals surface area contributed by atoms with Crippen molar-refractivity contribution in [3.63, 3.8) is 0 Å². The molecule has 0 amide bonds. The normalized spacial score (nSPS) is 16.0. The highest BCUT2D eigenvalue weighted by Gasteiger charge is 2.38. The number of ether oxygens (including phenoxy) is 1. The summed E-state index contributed by atoms with van der Waals surface area (Å²) in [7, 11) is -1.76. The fraction of sp³-hybridized carbons (Fsp3) is 0.812. The summed E-state index contributed by atoms with van der Waals surface area (Å²) in [5.74, 6) is -0.415. The van der Waals surface area contributed by atoms with Crippen molar-refractivity contribution in [2.24, 2.45) is 0 Å². The largest absolute Gasteiger partial charge is 0.463 e. The molecule has 0 aliphatic carbocycles. The number of aliphatic hydroxyl groups excluding tert-OH is 1. The van der Waals surface area contributed by atoms with Crippen molar-refractivity contribution in [2.75, 3.05) is 6.61 Å². The van der Waals surface area contributed by atoms with Crippen molar-refractivity contribution in [2.45, 2.75) is 77.8 Å². The molecule has 0 rings (SSSR count). The lowest BCUT2D eigenvalue weighted by Gasteiger charge is -2.38. The molecule has 0 aromatic carbocycles. The van der Waals surface area contributed by atoms with Crippen LogP contribution in [0.2, 0.25) is 18.1 Å². The smallest absolute Gasteiger partial charge is 0.330 e. The maximum atomic E-state index is 11.1. The van der Waals surface area contributed by atoms with E-state index in [0.717, 1.165) is 6.42 Å². The monoisotopic (exact) mass is 316 g/mol. The summed E-state index contributed by atoms with van der Waals surface area (Å²) in [5.41, 5.74) is 0. The van der Waals surface area contributed by atoms with E-state index < -0.39 is 20.4 Å². The van der Waals surface area contributed by atoms with E-state index in [0.29, 0.717) is 13.0 Å². The maximum absolute atomic E-state index is 11.1. The van der Waals surface area contributed by atoms with Crippen LogP contribution in [0.1, 0.15) is 47.5 Å². The third-order valence-electron chi connectivity index (χ3n) is 3.91. The van der Waals surface area contributed by atoms with E-state index in [1.54, 1.807) is 6.92 Å². The average molecular weight is 317 g/mol. The van der Waals surface area contributed by atoms with Gasteiger partial charge in [-0.3, -0.25) is 0 Å². The molecule has 0 heterocycles. The van der Waals surface area contributed by atoms with E-state index in [1.807, 2.05) is 6.92 Å². The van der Waals surface area contributed by atoms with Gasteiger partial charge in [0, 0.05) is 12.2 Å². The van der Waals surface area contributed by atoms with E-state index >= 15 is 0 Å². The number of rotatable bonds is 8. The molecule has 0 spiro atoms. The summed E-state index contributed by atoms with van der Waals surface area (Å²) >= 11 is 0. The Hall–Kier alpha value is -0.653. The first kappa shape index (κ1) is 20.3. The maximum Gasteiger partial charge on any atom is 0.330 e. The van der Waals surface area contributed by atoms with Gasteiger partial charge in [0.05, 0.1) is 12.7 Å². The Morgan fingerprint density at radius 2 is 1.86 bits per heavy atom. The summed E-state index contributed by atoms with van der Waals surface area (Å²) in [6, 6.07) is 0. The minimum atomic E-state index is -1.76.